The quantitative estimate of drug-likeness (QED) is 0.559. The average molecular weight is 401 g/mol. The number of hydrogen-bond acceptors (Lipinski definition) is 4. The van der Waals surface area contributed by atoms with Crippen LogP contribution in [-0.2, 0) is 4.79 Å². The maximum absolute atomic E-state index is 12.2. The van der Waals surface area contributed by atoms with E-state index in [0.29, 0.717) is 21.8 Å². The van der Waals surface area contributed by atoms with Crippen molar-refractivity contribution in [2.24, 2.45) is 0 Å². The summed E-state index contributed by atoms with van der Waals surface area (Å²) >= 11 is 7.55. The highest BCUT2D eigenvalue weighted by Gasteiger charge is 2.11. The molecule has 0 spiro atoms. The summed E-state index contributed by atoms with van der Waals surface area (Å²) in [6, 6.07) is 13.4. The molecule has 0 unspecified atom stereocenters. The highest BCUT2D eigenvalue weighted by Crippen LogP contribution is 2.30. The molecule has 1 amide bonds. The molecule has 6 heteroatoms. The van der Waals surface area contributed by atoms with E-state index in [4.69, 9.17) is 16.3 Å². The third kappa shape index (κ3) is 4.87. The number of hydrogen-bond donors (Lipinski definition) is 1. The molecule has 27 heavy (non-hydrogen) atoms. The minimum Gasteiger partial charge on any atom is -0.484 e. The van der Waals surface area contributed by atoms with E-state index in [9.17, 15) is 4.79 Å². The summed E-state index contributed by atoms with van der Waals surface area (Å²) in [6.07, 6.45) is 0. The van der Waals surface area contributed by atoms with E-state index in [1.54, 1.807) is 0 Å². The number of halogens is 1. The van der Waals surface area contributed by atoms with E-state index in [2.05, 4.69) is 24.1 Å². The van der Waals surface area contributed by atoms with Crippen LogP contribution in [0.3, 0.4) is 0 Å². The topological polar surface area (TPSA) is 51.2 Å². The number of ether oxygens (including phenoxy) is 1. The molecular weight excluding hydrogens is 380 g/mol. The monoisotopic (exact) mass is 400 g/mol. The number of aromatic nitrogens is 1. The molecule has 0 aliphatic heterocycles. The summed E-state index contributed by atoms with van der Waals surface area (Å²) in [5, 5.41) is 5.78. The summed E-state index contributed by atoms with van der Waals surface area (Å²) < 4.78 is 5.61. The van der Waals surface area contributed by atoms with Crippen LogP contribution in [0.2, 0.25) is 5.02 Å². The predicted octanol–water partition coefficient (Wildman–Crippen LogP) is 5.91. The first-order valence-corrected chi connectivity index (χ1v) is 9.93. The first-order valence-electron chi connectivity index (χ1n) is 8.67. The second kappa shape index (κ2) is 8.55. The molecule has 3 aromatic rings. The maximum atomic E-state index is 12.2. The summed E-state index contributed by atoms with van der Waals surface area (Å²) in [5.41, 5.74) is 4.02. The van der Waals surface area contributed by atoms with Gasteiger partial charge in [0.2, 0.25) is 0 Å². The van der Waals surface area contributed by atoms with Gasteiger partial charge in [-0.3, -0.25) is 10.1 Å². The van der Waals surface area contributed by atoms with Crippen molar-refractivity contribution in [1.29, 1.82) is 0 Å². The van der Waals surface area contributed by atoms with Gasteiger partial charge in [0, 0.05) is 16.0 Å². The Balaban J connectivity index is 1.59. The third-order valence-corrected chi connectivity index (χ3v) is 5.22. The zero-order chi connectivity index (χ0) is 19.4. The molecule has 4 nitrogen and oxygen atoms in total. The number of nitrogens with one attached hydrogen (secondary N) is 1. The van der Waals surface area contributed by atoms with Gasteiger partial charge in [-0.05, 0) is 42.2 Å². The smallest absolute Gasteiger partial charge is 0.264 e. The van der Waals surface area contributed by atoms with Gasteiger partial charge in [0.1, 0.15) is 5.75 Å². The summed E-state index contributed by atoms with van der Waals surface area (Å²) in [4.78, 5) is 16.6. The Bertz CT molecular complexity index is 953. The van der Waals surface area contributed by atoms with Crippen LogP contribution in [0.15, 0.2) is 47.8 Å². The fourth-order valence-corrected chi connectivity index (χ4v) is 3.77. The predicted molar refractivity (Wildman–Crippen MR) is 112 cm³/mol. The lowest BCUT2D eigenvalue weighted by Gasteiger charge is -2.12. The van der Waals surface area contributed by atoms with Crippen LogP contribution in [0, 0.1) is 6.92 Å². The van der Waals surface area contributed by atoms with Crippen molar-refractivity contribution in [2.75, 3.05) is 11.9 Å². The molecular formula is C21H21ClN2O2S. The first-order chi connectivity index (χ1) is 12.9. The number of carbonyl (C=O) groups excluding carboxylic acids is 1. The SMILES string of the molecule is Cc1cc(OCC(=O)Nc2nc(-c3ccccc3Cl)cs2)ccc1C(C)C. The molecule has 1 aromatic heterocycles. The van der Waals surface area contributed by atoms with Gasteiger partial charge in [0.15, 0.2) is 11.7 Å². The molecule has 0 bridgehead atoms. The van der Waals surface area contributed by atoms with E-state index in [-0.39, 0.29) is 12.5 Å². The van der Waals surface area contributed by atoms with Crippen molar-refractivity contribution >= 4 is 34.0 Å². The number of aryl methyl sites for hydroxylation is 1. The van der Waals surface area contributed by atoms with E-state index in [1.165, 1.54) is 16.9 Å². The fourth-order valence-electron chi connectivity index (χ4n) is 2.81. The molecule has 1 heterocycles. The van der Waals surface area contributed by atoms with Gasteiger partial charge >= 0.3 is 0 Å². The molecule has 0 atom stereocenters. The van der Waals surface area contributed by atoms with Crippen molar-refractivity contribution in [3.8, 4) is 17.0 Å². The van der Waals surface area contributed by atoms with Crippen molar-refractivity contribution in [1.82, 2.24) is 4.98 Å². The summed E-state index contributed by atoms with van der Waals surface area (Å²) in [5.74, 6) is 0.892. The number of thiazole rings is 1. The van der Waals surface area contributed by atoms with E-state index >= 15 is 0 Å². The number of rotatable bonds is 6. The van der Waals surface area contributed by atoms with Crippen molar-refractivity contribution in [3.05, 3.63) is 64.0 Å². The Morgan fingerprint density at radius 3 is 2.74 bits per heavy atom. The van der Waals surface area contributed by atoms with Crippen LogP contribution >= 0.6 is 22.9 Å². The minimum absolute atomic E-state index is 0.0680. The Morgan fingerprint density at radius 2 is 2.04 bits per heavy atom. The third-order valence-electron chi connectivity index (χ3n) is 4.13. The molecule has 0 aliphatic carbocycles. The van der Waals surface area contributed by atoms with E-state index in [1.807, 2.05) is 54.8 Å². The van der Waals surface area contributed by atoms with Crippen LogP contribution in [0.25, 0.3) is 11.3 Å². The molecule has 0 saturated heterocycles. The molecule has 1 N–H and O–H groups in total. The van der Waals surface area contributed by atoms with Crippen LogP contribution in [0.5, 0.6) is 5.75 Å². The van der Waals surface area contributed by atoms with Crippen LogP contribution in [-0.4, -0.2) is 17.5 Å². The Hall–Kier alpha value is -2.37. The normalized spacial score (nSPS) is 10.9. The van der Waals surface area contributed by atoms with Crippen molar-refractivity contribution in [2.45, 2.75) is 26.7 Å². The second-order valence-electron chi connectivity index (χ2n) is 6.53. The standard InChI is InChI=1S/C21H21ClN2O2S/c1-13(2)16-9-8-15(10-14(16)3)26-11-20(25)24-21-23-19(12-27-21)17-6-4-5-7-18(17)22/h4-10,12-13H,11H2,1-3H3,(H,23,24,25). The van der Waals surface area contributed by atoms with Gasteiger partial charge in [-0.2, -0.15) is 0 Å². The zero-order valence-electron chi connectivity index (χ0n) is 15.5. The largest absolute Gasteiger partial charge is 0.484 e. The highest BCUT2D eigenvalue weighted by atomic mass is 35.5. The molecule has 140 valence electrons. The van der Waals surface area contributed by atoms with Gasteiger partial charge in [0.25, 0.3) is 5.91 Å². The number of nitrogens with zero attached hydrogens (tertiary/aromatic N) is 1. The van der Waals surface area contributed by atoms with E-state index < -0.39 is 0 Å². The Morgan fingerprint density at radius 1 is 1.26 bits per heavy atom. The van der Waals surface area contributed by atoms with Gasteiger partial charge in [-0.15, -0.1) is 11.3 Å². The molecule has 2 aromatic carbocycles. The number of carbonyl (C=O) groups is 1. The zero-order valence-corrected chi connectivity index (χ0v) is 17.0. The van der Waals surface area contributed by atoms with Crippen LogP contribution < -0.4 is 10.1 Å². The van der Waals surface area contributed by atoms with E-state index in [0.717, 1.165) is 16.8 Å². The van der Waals surface area contributed by atoms with Gasteiger partial charge in [0.05, 0.1) is 5.69 Å². The lowest BCUT2D eigenvalue weighted by atomic mass is 9.98. The number of benzene rings is 2. The number of amides is 1. The summed E-state index contributed by atoms with van der Waals surface area (Å²) in [6.45, 7) is 6.29. The minimum atomic E-state index is -0.249. The van der Waals surface area contributed by atoms with Gasteiger partial charge < -0.3 is 4.74 Å². The number of anilines is 1. The lowest BCUT2D eigenvalue weighted by Crippen LogP contribution is -2.20. The molecule has 0 radical (unpaired) electrons. The Kier molecular flexibility index (Phi) is 6.14. The van der Waals surface area contributed by atoms with Gasteiger partial charge in [-0.1, -0.05) is 49.7 Å². The van der Waals surface area contributed by atoms with Crippen LogP contribution in [0.4, 0.5) is 5.13 Å². The maximum Gasteiger partial charge on any atom is 0.264 e. The molecule has 0 fully saturated rings. The first kappa shape index (κ1) is 19.4. The van der Waals surface area contributed by atoms with Gasteiger partial charge in [-0.25, -0.2) is 4.98 Å². The highest BCUT2D eigenvalue weighted by molar-refractivity contribution is 7.14. The average Bonchev–Trinajstić information content (AvgIpc) is 3.08. The molecule has 0 saturated carbocycles. The second-order valence-corrected chi connectivity index (χ2v) is 7.79. The molecule has 0 aliphatic rings. The molecule has 3 rings (SSSR count). The van der Waals surface area contributed by atoms with Crippen molar-refractivity contribution in [3.63, 3.8) is 0 Å². The fraction of sp³-hybridized carbons (Fsp3) is 0.238. The lowest BCUT2D eigenvalue weighted by molar-refractivity contribution is -0.118. The van der Waals surface area contributed by atoms with Crippen molar-refractivity contribution < 1.29 is 9.53 Å². The van der Waals surface area contributed by atoms with Crippen LogP contribution in [0.1, 0.15) is 30.9 Å². The summed E-state index contributed by atoms with van der Waals surface area (Å²) in [7, 11) is 0. The Labute approximate surface area is 168 Å².